The van der Waals surface area contributed by atoms with Crippen molar-refractivity contribution in [3.8, 4) is 33.9 Å². The van der Waals surface area contributed by atoms with Crippen molar-refractivity contribution in [1.82, 2.24) is 35.1 Å². The zero-order chi connectivity index (χ0) is 27.8. The van der Waals surface area contributed by atoms with Crippen LogP contribution in [0.4, 0.5) is 10.1 Å². The number of carbonyl (C=O) groups is 1. The van der Waals surface area contributed by atoms with Crippen molar-refractivity contribution in [2.45, 2.75) is 6.42 Å². The minimum atomic E-state index is -0.320. The molecule has 5 aromatic heterocycles. The molecule has 10 heteroatoms. The van der Waals surface area contributed by atoms with E-state index in [1.54, 1.807) is 30.9 Å². The molecule has 3 N–H and O–H groups in total. The molecular weight excluding hydrogens is 519 g/mol. The highest BCUT2D eigenvalue weighted by Crippen LogP contribution is 2.32. The number of anilines is 1. The highest BCUT2D eigenvalue weighted by atomic mass is 19.1. The first-order valence-corrected chi connectivity index (χ1v) is 12.8. The van der Waals surface area contributed by atoms with Crippen LogP contribution < -0.4 is 5.32 Å². The van der Waals surface area contributed by atoms with Crippen molar-refractivity contribution >= 4 is 33.7 Å². The minimum absolute atomic E-state index is 0.133. The number of imidazole rings is 1. The number of H-pyrrole nitrogens is 2. The summed E-state index contributed by atoms with van der Waals surface area (Å²) in [6.45, 7) is 0. The standard InChI is InChI=1S/C31H21FN8O/c32-21-8-4-7-19(12-21)23-9-10-34-30-28(23)37-31(38-30)29-24-14-25(35-17-26(24)39-40-29)20-13-22(16-33-15-20)36-27(41)11-18-5-2-1-3-6-18/h1-10,12-17H,11H2,(H,36,41)(H,39,40)(H,34,37,38). The molecule has 9 nitrogen and oxygen atoms in total. The van der Waals surface area contributed by atoms with Crippen LogP contribution in [-0.4, -0.2) is 41.0 Å². The Hall–Kier alpha value is -5.77. The number of benzene rings is 2. The average molecular weight is 541 g/mol. The van der Waals surface area contributed by atoms with Gasteiger partial charge in [0.25, 0.3) is 0 Å². The van der Waals surface area contributed by atoms with Gasteiger partial charge in [-0.15, -0.1) is 0 Å². The molecule has 0 atom stereocenters. The number of hydrogen-bond acceptors (Lipinski definition) is 6. The van der Waals surface area contributed by atoms with E-state index in [-0.39, 0.29) is 18.1 Å². The van der Waals surface area contributed by atoms with Gasteiger partial charge in [0, 0.05) is 28.9 Å². The third kappa shape index (κ3) is 4.78. The molecule has 0 aliphatic heterocycles. The maximum atomic E-state index is 13.9. The number of halogens is 1. The van der Waals surface area contributed by atoms with Crippen LogP contribution in [0.5, 0.6) is 0 Å². The second kappa shape index (κ2) is 10.1. The van der Waals surface area contributed by atoms with Crippen LogP contribution in [0.3, 0.4) is 0 Å². The van der Waals surface area contributed by atoms with E-state index in [9.17, 15) is 9.18 Å². The van der Waals surface area contributed by atoms with Gasteiger partial charge in [0.15, 0.2) is 11.5 Å². The fourth-order valence-corrected chi connectivity index (χ4v) is 4.81. The van der Waals surface area contributed by atoms with Gasteiger partial charge in [-0.1, -0.05) is 42.5 Å². The molecule has 7 rings (SSSR count). The van der Waals surface area contributed by atoms with Crippen LogP contribution in [0.1, 0.15) is 5.56 Å². The first-order valence-electron chi connectivity index (χ1n) is 12.8. The molecule has 0 radical (unpaired) electrons. The van der Waals surface area contributed by atoms with Gasteiger partial charge in [-0.05, 0) is 41.5 Å². The van der Waals surface area contributed by atoms with Crippen LogP contribution in [0.2, 0.25) is 0 Å². The summed E-state index contributed by atoms with van der Waals surface area (Å²) in [5.74, 6) is 0.0615. The summed E-state index contributed by atoms with van der Waals surface area (Å²) in [6, 6.07) is 21.5. The second-order valence-electron chi connectivity index (χ2n) is 9.51. The summed E-state index contributed by atoms with van der Waals surface area (Å²) < 4.78 is 13.9. The van der Waals surface area contributed by atoms with Crippen LogP contribution in [0, 0.1) is 5.82 Å². The number of aromatic amines is 2. The molecular formula is C31H21FN8O. The predicted octanol–water partition coefficient (Wildman–Crippen LogP) is 5.95. The SMILES string of the molecule is O=C(Cc1ccccc1)Nc1cncc(-c2cc3c(-c4nc5nccc(-c6cccc(F)c6)c5[nH]4)n[nH]c3cn2)c1. The highest BCUT2D eigenvalue weighted by molar-refractivity contribution is 5.97. The van der Waals surface area contributed by atoms with Gasteiger partial charge in [-0.2, -0.15) is 5.10 Å². The van der Waals surface area contributed by atoms with Crippen molar-refractivity contribution < 1.29 is 9.18 Å². The van der Waals surface area contributed by atoms with E-state index >= 15 is 0 Å². The Labute approximate surface area is 232 Å². The van der Waals surface area contributed by atoms with E-state index in [0.717, 1.165) is 27.6 Å². The summed E-state index contributed by atoms with van der Waals surface area (Å²) in [5, 5.41) is 11.2. The Morgan fingerprint density at radius 3 is 2.68 bits per heavy atom. The lowest BCUT2D eigenvalue weighted by Gasteiger charge is -2.07. The van der Waals surface area contributed by atoms with Gasteiger partial charge in [-0.3, -0.25) is 19.9 Å². The Morgan fingerprint density at radius 2 is 1.80 bits per heavy atom. The Balaban J connectivity index is 1.21. The zero-order valence-corrected chi connectivity index (χ0v) is 21.5. The van der Waals surface area contributed by atoms with Gasteiger partial charge in [0.2, 0.25) is 5.91 Å². The largest absolute Gasteiger partial charge is 0.335 e. The van der Waals surface area contributed by atoms with Crippen molar-refractivity contribution in [3.63, 3.8) is 0 Å². The first kappa shape index (κ1) is 24.3. The molecule has 41 heavy (non-hydrogen) atoms. The molecule has 7 aromatic rings. The van der Waals surface area contributed by atoms with E-state index in [4.69, 9.17) is 0 Å². The number of carbonyl (C=O) groups excluding carboxylic acids is 1. The normalized spacial score (nSPS) is 11.2. The van der Waals surface area contributed by atoms with E-state index in [2.05, 4.69) is 40.4 Å². The molecule has 2 aromatic carbocycles. The predicted molar refractivity (Wildman–Crippen MR) is 154 cm³/mol. The monoisotopic (exact) mass is 540 g/mol. The first-order chi connectivity index (χ1) is 20.1. The number of aromatic nitrogens is 7. The molecule has 198 valence electrons. The van der Waals surface area contributed by atoms with Gasteiger partial charge in [-0.25, -0.2) is 14.4 Å². The fourth-order valence-electron chi connectivity index (χ4n) is 4.81. The summed E-state index contributed by atoms with van der Waals surface area (Å²) in [5.41, 5.74) is 6.88. The molecule has 1 amide bonds. The Bertz CT molecular complexity index is 2050. The lowest BCUT2D eigenvalue weighted by molar-refractivity contribution is -0.115. The Morgan fingerprint density at radius 1 is 0.902 bits per heavy atom. The van der Waals surface area contributed by atoms with Crippen LogP contribution in [0.15, 0.2) is 97.6 Å². The molecule has 0 fully saturated rings. The number of nitrogens with one attached hydrogen (secondary N) is 3. The maximum absolute atomic E-state index is 13.9. The third-order valence-electron chi connectivity index (χ3n) is 6.72. The number of hydrogen-bond donors (Lipinski definition) is 3. The van der Waals surface area contributed by atoms with Gasteiger partial charge >= 0.3 is 0 Å². The van der Waals surface area contributed by atoms with Crippen molar-refractivity contribution in [2.75, 3.05) is 5.32 Å². The highest BCUT2D eigenvalue weighted by Gasteiger charge is 2.17. The van der Waals surface area contributed by atoms with Gasteiger partial charge in [0.1, 0.15) is 11.5 Å². The molecule has 0 saturated carbocycles. The zero-order valence-electron chi connectivity index (χ0n) is 21.5. The molecule has 0 bridgehead atoms. The Kier molecular flexibility index (Phi) is 5.97. The number of fused-ring (bicyclic) bond motifs is 2. The summed E-state index contributed by atoms with van der Waals surface area (Å²) in [7, 11) is 0. The van der Waals surface area contributed by atoms with Crippen molar-refractivity contribution in [3.05, 3.63) is 109 Å². The van der Waals surface area contributed by atoms with Crippen LogP contribution in [-0.2, 0) is 11.2 Å². The third-order valence-corrected chi connectivity index (χ3v) is 6.72. The molecule has 0 aliphatic carbocycles. The molecule has 0 unspecified atom stereocenters. The number of amides is 1. The molecule has 0 saturated heterocycles. The lowest BCUT2D eigenvalue weighted by atomic mass is 10.1. The topological polar surface area (TPSA) is 125 Å². The molecule has 0 aliphatic rings. The smallest absolute Gasteiger partial charge is 0.228 e. The molecule has 0 spiro atoms. The number of pyridine rings is 3. The number of nitrogens with zero attached hydrogens (tertiary/aromatic N) is 5. The van der Waals surface area contributed by atoms with Crippen LogP contribution >= 0.6 is 0 Å². The fraction of sp³-hybridized carbons (Fsp3) is 0.0323. The van der Waals surface area contributed by atoms with E-state index in [1.165, 1.54) is 12.1 Å². The maximum Gasteiger partial charge on any atom is 0.228 e. The second-order valence-corrected chi connectivity index (χ2v) is 9.51. The summed E-state index contributed by atoms with van der Waals surface area (Å²) in [4.78, 5) is 33.9. The van der Waals surface area contributed by atoms with E-state index < -0.39 is 0 Å². The van der Waals surface area contributed by atoms with Crippen LogP contribution in [0.25, 0.3) is 56.0 Å². The van der Waals surface area contributed by atoms with Gasteiger partial charge in [0.05, 0.1) is 41.2 Å². The number of rotatable bonds is 6. The van der Waals surface area contributed by atoms with Crippen molar-refractivity contribution in [2.24, 2.45) is 0 Å². The average Bonchev–Trinajstić information content (AvgIpc) is 3.61. The quantitative estimate of drug-likeness (QED) is 0.240. The lowest BCUT2D eigenvalue weighted by Crippen LogP contribution is -2.14. The van der Waals surface area contributed by atoms with Crippen molar-refractivity contribution in [1.29, 1.82) is 0 Å². The summed E-state index contributed by atoms with van der Waals surface area (Å²) >= 11 is 0. The van der Waals surface area contributed by atoms with Gasteiger partial charge < -0.3 is 10.3 Å². The minimum Gasteiger partial charge on any atom is -0.335 e. The van der Waals surface area contributed by atoms with E-state index in [0.29, 0.717) is 39.6 Å². The van der Waals surface area contributed by atoms with E-state index in [1.807, 2.05) is 54.6 Å². The molecule has 5 heterocycles. The summed E-state index contributed by atoms with van der Waals surface area (Å²) in [6.07, 6.45) is 6.90.